The Bertz CT molecular complexity index is 748. The van der Waals surface area contributed by atoms with E-state index in [4.69, 9.17) is 10.7 Å². The fourth-order valence-electron chi connectivity index (χ4n) is 1.99. The van der Waals surface area contributed by atoms with Crippen LogP contribution in [0.4, 0.5) is 0 Å². The standard InChI is InChI=1S/C10H12ClN5O2S2/c1-5(2)7-8(19-15-12-7)9-13-14-10(20(11,17)18)16(9)6-3-4-6/h5-6H,3-4H2,1-2H3. The van der Waals surface area contributed by atoms with Crippen LogP contribution < -0.4 is 0 Å². The molecule has 1 fully saturated rings. The molecule has 0 aliphatic heterocycles. The van der Waals surface area contributed by atoms with Gasteiger partial charge in [0.1, 0.15) is 4.88 Å². The second-order valence-electron chi connectivity index (χ2n) is 4.99. The normalized spacial score (nSPS) is 16.0. The minimum Gasteiger partial charge on any atom is -0.293 e. The van der Waals surface area contributed by atoms with Gasteiger partial charge in [-0.05, 0) is 30.3 Å². The summed E-state index contributed by atoms with van der Waals surface area (Å²) >= 11 is 1.19. The van der Waals surface area contributed by atoms with Gasteiger partial charge in [0.15, 0.2) is 5.82 Å². The highest BCUT2D eigenvalue weighted by Gasteiger charge is 2.35. The van der Waals surface area contributed by atoms with Crippen LogP contribution in [0.15, 0.2) is 5.16 Å². The summed E-state index contributed by atoms with van der Waals surface area (Å²) in [5.41, 5.74) is 0.794. The van der Waals surface area contributed by atoms with Gasteiger partial charge in [-0.2, -0.15) is 0 Å². The number of hydrogen-bond acceptors (Lipinski definition) is 7. The number of aromatic nitrogens is 5. The average Bonchev–Trinajstić information content (AvgIpc) is 2.91. The molecule has 10 heteroatoms. The van der Waals surface area contributed by atoms with Crippen molar-refractivity contribution < 1.29 is 8.42 Å². The predicted molar refractivity (Wildman–Crippen MR) is 74.3 cm³/mol. The van der Waals surface area contributed by atoms with E-state index in [1.807, 2.05) is 13.8 Å². The van der Waals surface area contributed by atoms with Crippen LogP contribution in [0.2, 0.25) is 0 Å². The van der Waals surface area contributed by atoms with Crippen LogP contribution in [0.25, 0.3) is 10.7 Å². The lowest BCUT2D eigenvalue weighted by Gasteiger charge is -2.07. The molecule has 0 unspecified atom stereocenters. The first kappa shape index (κ1) is 13.9. The van der Waals surface area contributed by atoms with Crippen LogP contribution in [-0.4, -0.2) is 32.8 Å². The molecule has 0 spiro atoms. The zero-order valence-corrected chi connectivity index (χ0v) is 13.2. The van der Waals surface area contributed by atoms with Crippen LogP contribution in [0, 0.1) is 0 Å². The zero-order chi connectivity index (χ0) is 14.5. The average molecular weight is 334 g/mol. The molecule has 2 heterocycles. The molecule has 0 bridgehead atoms. The number of hydrogen-bond donors (Lipinski definition) is 0. The quantitative estimate of drug-likeness (QED) is 0.796. The van der Waals surface area contributed by atoms with Crippen LogP contribution in [0.5, 0.6) is 0 Å². The van der Waals surface area contributed by atoms with Crippen LogP contribution in [-0.2, 0) is 9.05 Å². The maximum Gasteiger partial charge on any atom is 0.296 e. The molecule has 1 aliphatic carbocycles. The van der Waals surface area contributed by atoms with Crippen molar-refractivity contribution in [2.75, 3.05) is 0 Å². The molecule has 108 valence electrons. The van der Waals surface area contributed by atoms with Crippen LogP contribution >= 0.6 is 22.2 Å². The Morgan fingerprint density at radius 1 is 1.30 bits per heavy atom. The Kier molecular flexibility index (Phi) is 3.30. The minimum atomic E-state index is -3.92. The second-order valence-corrected chi connectivity index (χ2v) is 8.20. The van der Waals surface area contributed by atoms with Gasteiger partial charge in [0.25, 0.3) is 14.2 Å². The van der Waals surface area contributed by atoms with Gasteiger partial charge in [0, 0.05) is 16.7 Å². The second kappa shape index (κ2) is 4.74. The molecule has 0 aromatic carbocycles. The summed E-state index contributed by atoms with van der Waals surface area (Å²) in [6, 6.07) is 0.0886. The Morgan fingerprint density at radius 3 is 2.55 bits per heavy atom. The van der Waals surface area contributed by atoms with Crippen molar-refractivity contribution >= 4 is 31.3 Å². The highest BCUT2D eigenvalue weighted by molar-refractivity contribution is 8.13. The SMILES string of the molecule is CC(C)c1nnsc1-c1nnc(S(=O)(=O)Cl)n1C1CC1. The molecule has 0 radical (unpaired) electrons. The molecule has 0 saturated heterocycles. The predicted octanol–water partition coefficient (Wildman–Crippen LogP) is 2.18. The highest BCUT2D eigenvalue weighted by atomic mass is 35.7. The Balaban J connectivity index is 2.20. The summed E-state index contributed by atoms with van der Waals surface area (Å²) in [7, 11) is 1.52. The van der Waals surface area contributed by atoms with E-state index in [0.29, 0.717) is 5.82 Å². The number of rotatable bonds is 4. The molecule has 1 saturated carbocycles. The first-order valence-electron chi connectivity index (χ1n) is 6.11. The third-order valence-electron chi connectivity index (χ3n) is 3.06. The minimum absolute atomic E-state index is 0.0886. The molecule has 2 aromatic rings. The summed E-state index contributed by atoms with van der Waals surface area (Å²) in [6.07, 6.45) is 1.79. The molecule has 20 heavy (non-hydrogen) atoms. The topological polar surface area (TPSA) is 90.6 Å². The van der Waals surface area contributed by atoms with Crippen LogP contribution in [0.3, 0.4) is 0 Å². The monoisotopic (exact) mass is 333 g/mol. The van der Waals surface area contributed by atoms with Crippen LogP contribution in [0.1, 0.15) is 44.3 Å². The molecule has 2 aromatic heterocycles. The summed E-state index contributed by atoms with van der Waals surface area (Å²) in [6.45, 7) is 3.99. The molecular formula is C10H12ClN5O2S2. The molecule has 0 N–H and O–H groups in total. The van der Waals surface area contributed by atoms with E-state index in [9.17, 15) is 8.42 Å². The van der Waals surface area contributed by atoms with Gasteiger partial charge in [-0.15, -0.1) is 15.3 Å². The van der Waals surface area contributed by atoms with E-state index in [-0.39, 0.29) is 17.1 Å². The highest BCUT2D eigenvalue weighted by Crippen LogP contribution is 2.42. The zero-order valence-electron chi connectivity index (χ0n) is 10.8. The van der Waals surface area contributed by atoms with Gasteiger partial charge in [0.05, 0.1) is 5.69 Å². The molecule has 3 rings (SSSR count). The van der Waals surface area contributed by atoms with E-state index in [1.165, 1.54) is 11.5 Å². The van der Waals surface area contributed by atoms with Crippen molar-refractivity contribution in [1.82, 2.24) is 24.4 Å². The van der Waals surface area contributed by atoms with Crippen molar-refractivity contribution in [3.8, 4) is 10.7 Å². The van der Waals surface area contributed by atoms with E-state index >= 15 is 0 Å². The lowest BCUT2D eigenvalue weighted by Crippen LogP contribution is -2.06. The summed E-state index contributed by atoms with van der Waals surface area (Å²) in [5, 5.41) is 11.7. The lowest BCUT2D eigenvalue weighted by atomic mass is 10.1. The van der Waals surface area contributed by atoms with Crippen molar-refractivity contribution in [2.24, 2.45) is 0 Å². The largest absolute Gasteiger partial charge is 0.296 e. The molecule has 0 atom stereocenters. The molecule has 0 amide bonds. The number of nitrogens with zero attached hydrogens (tertiary/aromatic N) is 5. The van der Waals surface area contributed by atoms with E-state index in [2.05, 4.69) is 19.8 Å². The first-order chi connectivity index (χ1) is 9.39. The van der Waals surface area contributed by atoms with Crippen molar-refractivity contribution in [2.45, 2.75) is 43.8 Å². The van der Waals surface area contributed by atoms with E-state index < -0.39 is 9.05 Å². The maximum absolute atomic E-state index is 11.6. The summed E-state index contributed by atoms with van der Waals surface area (Å²) in [4.78, 5) is 0.756. The fraction of sp³-hybridized carbons (Fsp3) is 0.600. The van der Waals surface area contributed by atoms with Gasteiger partial charge in [0.2, 0.25) is 0 Å². The number of halogens is 1. The van der Waals surface area contributed by atoms with E-state index in [1.54, 1.807) is 4.57 Å². The van der Waals surface area contributed by atoms with Gasteiger partial charge < -0.3 is 0 Å². The van der Waals surface area contributed by atoms with Gasteiger partial charge in [-0.1, -0.05) is 18.3 Å². The van der Waals surface area contributed by atoms with Crippen molar-refractivity contribution in [1.29, 1.82) is 0 Å². The molecule has 7 nitrogen and oxygen atoms in total. The maximum atomic E-state index is 11.6. The Hall–Kier alpha value is -1.06. The third-order valence-corrected chi connectivity index (χ3v) is 4.92. The van der Waals surface area contributed by atoms with Gasteiger partial charge in [-0.3, -0.25) is 4.57 Å². The van der Waals surface area contributed by atoms with Gasteiger partial charge >= 0.3 is 0 Å². The fourth-order valence-corrected chi connectivity index (χ4v) is 3.72. The Morgan fingerprint density at radius 2 is 2.00 bits per heavy atom. The van der Waals surface area contributed by atoms with Gasteiger partial charge in [-0.25, -0.2) is 8.42 Å². The summed E-state index contributed by atoms with van der Waals surface area (Å²) < 4.78 is 28.7. The molecule has 1 aliphatic rings. The smallest absolute Gasteiger partial charge is 0.293 e. The van der Waals surface area contributed by atoms with Crippen molar-refractivity contribution in [3.63, 3.8) is 0 Å². The summed E-state index contributed by atoms with van der Waals surface area (Å²) in [5.74, 6) is 0.662. The molecular weight excluding hydrogens is 322 g/mol. The van der Waals surface area contributed by atoms with Crippen molar-refractivity contribution in [3.05, 3.63) is 5.69 Å². The Labute approximate surface area is 124 Å². The van der Waals surface area contributed by atoms with E-state index in [0.717, 1.165) is 23.4 Å². The lowest BCUT2D eigenvalue weighted by molar-refractivity contribution is 0.579. The first-order valence-corrected chi connectivity index (χ1v) is 9.20. The third kappa shape index (κ3) is 2.33.